The van der Waals surface area contributed by atoms with E-state index in [1.54, 1.807) is 17.5 Å². The first kappa shape index (κ1) is 22.6. The van der Waals surface area contributed by atoms with Crippen molar-refractivity contribution in [1.29, 1.82) is 0 Å². The van der Waals surface area contributed by atoms with E-state index in [2.05, 4.69) is 39.5 Å². The first-order valence-electron chi connectivity index (χ1n) is 11.7. The molecule has 7 nitrogen and oxygen atoms in total. The van der Waals surface area contributed by atoms with Crippen molar-refractivity contribution in [2.75, 3.05) is 18.0 Å². The normalized spacial score (nSPS) is 16.6. The highest BCUT2D eigenvalue weighted by molar-refractivity contribution is 7.15. The molecule has 1 saturated heterocycles. The zero-order valence-corrected chi connectivity index (χ0v) is 20.5. The number of carbonyl (C=O) groups excluding carboxylic acids is 1. The molecule has 2 N–H and O–H groups in total. The van der Waals surface area contributed by atoms with E-state index in [0.717, 1.165) is 27.6 Å². The summed E-state index contributed by atoms with van der Waals surface area (Å²) in [7, 11) is 0. The number of thiophene rings is 1. The third-order valence-electron chi connectivity index (χ3n) is 6.81. The van der Waals surface area contributed by atoms with Gasteiger partial charge in [0.05, 0.1) is 39.8 Å². The Morgan fingerprint density at radius 3 is 2.76 bits per heavy atom. The van der Waals surface area contributed by atoms with Gasteiger partial charge in [-0.1, -0.05) is 6.92 Å². The van der Waals surface area contributed by atoms with E-state index in [0.29, 0.717) is 37.9 Å². The Bertz CT molecular complexity index is 1300. The number of alkyl halides is 1. The van der Waals surface area contributed by atoms with Crippen molar-refractivity contribution < 1.29 is 9.18 Å². The number of nitrogens with one attached hydrogen (secondary N) is 2. The molecule has 0 aliphatic carbocycles. The number of piperidine rings is 1. The number of aromatic amines is 1. The molecule has 0 aromatic carbocycles. The number of imidazole rings is 1. The molecule has 1 unspecified atom stereocenters. The molecule has 0 saturated carbocycles. The van der Waals surface area contributed by atoms with Crippen LogP contribution in [-0.2, 0) is 0 Å². The largest absolute Gasteiger partial charge is 0.368 e. The molecule has 1 amide bonds. The number of rotatable bonds is 6. The number of carbonyl (C=O) groups is 1. The number of fused-ring (bicyclic) bond motifs is 1. The van der Waals surface area contributed by atoms with Gasteiger partial charge in [0.15, 0.2) is 5.65 Å². The van der Waals surface area contributed by atoms with E-state index in [9.17, 15) is 9.18 Å². The molecule has 0 bridgehead atoms. The smallest absolute Gasteiger partial charge is 0.253 e. The van der Waals surface area contributed by atoms with Gasteiger partial charge in [-0.2, -0.15) is 5.10 Å². The summed E-state index contributed by atoms with van der Waals surface area (Å²) >= 11 is 1.69. The maximum absolute atomic E-state index is 14.9. The Morgan fingerprint density at radius 1 is 1.32 bits per heavy atom. The van der Waals surface area contributed by atoms with Gasteiger partial charge in [0.25, 0.3) is 5.91 Å². The Kier molecular flexibility index (Phi) is 5.89. The molecule has 0 radical (unpaired) electrons. The average molecular weight is 481 g/mol. The quantitative estimate of drug-likeness (QED) is 0.392. The van der Waals surface area contributed by atoms with Crippen molar-refractivity contribution in [1.82, 2.24) is 24.9 Å². The number of anilines is 1. The molecule has 0 spiro atoms. The highest BCUT2D eigenvalue weighted by atomic mass is 32.1. The predicted octanol–water partition coefficient (Wildman–Crippen LogP) is 5.30. The van der Waals surface area contributed by atoms with Crippen LogP contribution < -0.4 is 10.2 Å². The van der Waals surface area contributed by atoms with E-state index in [4.69, 9.17) is 4.98 Å². The lowest BCUT2D eigenvalue weighted by molar-refractivity contribution is 0.0938. The van der Waals surface area contributed by atoms with Crippen LogP contribution in [0.25, 0.3) is 16.2 Å². The molecule has 5 heterocycles. The number of aryl methyl sites for hydroxylation is 1. The second kappa shape index (κ2) is 8.87. The third-order valence-corrected chi connectivity index (χ3v) is 7.83. The van der Waals surface area contributed by atoms with E-state index in [-0.39, 0.29) is 11.9 Å². The van der Waals surface area contributed by atoms with Crippen molar-refractivity contribution in [3.63, 3.8) is 0 Å². The first-order chi connectivity index (χ1) is 16.4. The molecule has 9 heteroatoms. The molecule has 178 valence electrons. The molecule has 4 aromatic heterocycles. The fourth-order valence-electron chi connectivity index (χ4n) is 4.55. The minimum Gasteiger partial charge on any atom is -0.368 e. The number of amides is 1. The molecular weight excluding hydrogens is 451 g/mol. The van der Waals surface area contributed by atoms with Gasteiger partial charge >= 0.3 is 0 Å². The maximum atomic E-state index is 14.9. The van der Waals surface area contributed by atoms with Gasteiger partial charge in [0.2, 0.25) is 0 Å². The van der Waals surface area contributed by atoms with Gasteiger partial charge in [-0.25, -0.2) is 9.37 Å². The minimum atomic E-state index is -1.11. The van der Waals surface area contributed by atoms with Crippen molar-refractivity contribution in [2.24, 2.45) is 0 Å². The number of halogens is 1. The van der Waals surface area contributed by atoms with Crippen molar-refractivity contribution >= 4 is 28.6 Å². The lowest BCUT2D eigenvalue weighted by atomic mass is 9.90. The van der Waals surface area contributed by atoms with Crippen molar-refractivity contribution in [3.8, 4) is 10.6 Å². The highest BCUT2D eigenvalue weighted by Gasteiger charge is 2.34. The van der Waals surface area contributed by atoms with Crippen molar-refractivity contribution in [3.05, 3.63) is 59.0 Å². The minimum absolute atomic E-state index is 0.183. The van der Waals surface area contributed by atoms with Gasteiger partial charge in [-0.05, 0) is 57.4 Å². The van der Waals surface area contributed by atoms with Gasteiger partial charge in [0.1, 0.15) is 5.67 Å². The number of aromatic nitrogens is 4. The summed E-state index contributed by atoms with van der Waals surface area (Å²) < 4.78 is 16.9. The fraction of sp³-hybridized carbons (Fsp3) is 0.400. The zero-order valence-electron chi connectivity index (χ0n) is 19.6. The Balaban J connectivity index is 1.54. The molecule has 4 aromatic rings. The van der Waals surface area contributed by atoms with Crippen molar-refractivity contribution in [2.45, 2.75) is 51.7 Å². The topological polar surface area (TPSA) is 78.3 Å². The first-order valence-corrected chi connectivity index (χ1v) is 12.5. The SMILES string of the molecule is CCC1(F)CCN(c2cc(C(=O)NC(C)c3ccn[nH]3)cn3c(-c4ccc(C)s4)cnc23)CC1. The monoisotopic (exact) mass is 480 g/mol. The van der Waals surface area contributed by atoms with Gasteiger partial charge in [0, 0.05) is 30.4 Å². The van der Waals surface area contributed by atoms with Gasteiger partial charge in [-0.15, -0.1) is 11.3 Å². The number of nitrogens with zero attached hydrogens (tertiary/aromatic N) is 4. The van der Waals surface area contributed by atoms with E-state index < -0.39 is 5.67 Å². The molecule has 1 aliphatic rings. The number of H-pyrrole nitrogens is 1. The van der Waals surface area contributed by atoms with Crippen LogP contribution in [0.2, 0.25) is 0 Å². The van der Waals surface area contributed by atoms with Crippen LogP contribution in [0.3, 0.4) is 0 Å². The third kappa shape index (κ3) is 4.20. The summed E-state index contributed by atoms with van der Waals surface area (Å²) in [5.41, 5.74) is 2.84. The standard InChI is InChI=1S/C25H29FN6OS/c1-4-25(26)8-11-31(12-9-25)20-13-18(24(33)29-17(3)19-7-10-28-30-19)15-32-21(14-27-23(20)32)22-6-5-16(2)34-22/h5-7,10,13-15,17H,4,8-9,11-12H2,1-3H3,(H,28,30)(H,29,33). The highest BCUT2D eigenvalue weighted by Crippen LogP contribution is 2.36. The van der Waals surface area contributed by atoms with Crippen LogP contribution in [-0.4, -0.2) is 44.2 Å². The van der Waals surface area contributed by atoms with Crippen LogP contribution in [0.4, 0.5) is 10.1 Å². The predicted molar refractivity (Wildman–Crippen MR) is 133 cm³/mol. The second-order valence-electron chi connectivity index (χ2n) is 9.06. The molecule has 1 atom stereocenters. The molecule has 1 aliphatic heterocycles. The maximum Gasteiger partial charge on any atom is 0.253 e. The van der Waals surface area contributed by atoms with Crippen LogP contribution in [0.5, 0.6) is 0 Å². The van der Waals surface area contributed by atoms with Crippen LogP contribution in [0.15, 0.2) is 42.9 Å². The summed E-state index contributed by atoms with van der Waals surface area (Å²) in [5.74, 6) is -0.183. The van der Waals surface area contributed by atoms with Gasteiger partial charge in [-0.3, -0.25) is 14.3 Å². The van der Waals surface area contributed by atoms with E-state index in [1.807, 2.05) is 42.8 Å². The lowest BCUT2D eigenvalue weighted by Crippen LogP contribution is -2.41. The molecule has 34 heavy (non-hydrogen) atoms. The van der Waals surface area contributed by atoms with E-state index in [1.165, 1.54) is 4.88 Å². The Labute approximate surface area is 202 Å². The Hall–Kier alpha value is -3.20. The molecule has 1 fully saturated rings. The second-order valence-corrected chi connectivity index (χ2v) is 10.3. The van der Waals surface area contributed by atoms with Crippen LogP contribution >= 0.6 is 11.3 Å². The van der Waals surface area contributed by atoms with E-state index >= 15 is 0 Å². The summed E-state index contributed by atoms with van der Waals surface area (Å²) in [6.07, 6.45) is 6.84. The average Bonchev–Trinajstić information content (AvgIpc) is 3.59. The lowest BCUT2D eigenvalue weighted by Gasteiger charge is -2.37. The van der Waals surface area contributed by atoms with Crippen LogP contribution in [0, 0.1) is 6.92 Å². The van der Waals surface area contributed by atoms with Gasteiger partial charge < -0.3 is 10.2 Å². The number of pyridine rings is 1. The molecule has 5 rings (SSSR count). The molecular formula is C25H29FN6OS. The summed E-state index contributed by atoms with van der Waals surface area (Å²) in [4.78, 5) is 22.5. The number of hydrogen-bond donors (Lipinski definition) is 2. The summed E-state index contributed by atoms with van der Waals surface area (Å²) in [5, 5.41) is 9.93. The summed E-state index contributed by atoms with van der Waals surface area (Å²) in [6.45, 7) is 7.08. The Morgan fingerprint density at radius 2 is 2.12 bits per heavy atom. The fourth-order valence-corrected chi connectivity index (χ4v) is 5.42. The summed E-state index contributed by atoms with van der Waals surface area (Å²) in [6, 6.07) is 7.67. The number of hydrogen-bond acceptors (Lipinski definition) is 5. The zero-order chi connectivity index (χ0) is 23.9. The van der Waals surface area contributed by atoms with Crippen LogP contribution in [0.1, 0.15) is 60.1 Å².